The SMILES string of the molecule is CC(COC=O)C1CCN1.Cl. The molecule has 0 spiro atoms. The van der Waals surface area contributed by atoms with E-state index in [1.807, 2.05) is 0 Å². The molecule has 1 fully saturated rings. The Morgan fingerprint density at radius 1 is 1.82 bits per heavy atom. The number of ether oxygens (including phenoxy) is 1. The Morgan fingerprint density at radius 3 is 2.82 bits per heavy atom. The minimum atomic E-state index is 0. The van der Waals surface area contributed by atoms with Gasteiger partial charge in [0.2, 0.25) is 0 Å². The summed E-state index contributed by atoms with van der Waals surface area (Å²) in [5.74, 6) is 0.457. The summed E-state index contributed by atoms with van der Waals surface area (Å²) < 4.78 is 4.63. The Hall–Kier alpha value is -0.280. The van der Waals surface area contributed by atoms with Gasteiger partial charge in [0.25, 0.3) is 6.47 Å². The van der Waals surface area contributed by atoms with E-state index in [0.29, 0.717) is 25.0 Å². The second kappa shape index (κ2) is 5.38. The van der Waals surface area contributed by atoms with Crippen molar-refractivity contribution in [2.75, 3.05) is 13.2 Å². The first-order chi connectivity index (χ1) is 4.84. The zero-order valence-corrected chi connectivity index (χ0v) is 7.39. The van der Waals surface area contributed by atoms with Crippen molar-refractivity contribution in [2.24, 2.45) is 5.92 Å². The van der Waals surface area contributed by atoms with Crippen molar-refractivity contribution in [2.45, 2.75) is 19.4 Å². The van der Waals surface area contributed by atoms with Crippen LogP contribution in [0.3, 0.4) is 0 Å². The van der Waals surface area contributed by atoms with E-state index < -0.39 is 0 Å². The molecule has 0 aromatic carbocycles. The van der Waals surface area contributed by atoms with Gasteiger partial charge in [-0.1, -0.05) is 6.92 Å². The molecule has 0 aromatic heterocycles. The van der Waals surface area contributed by atoms with Crippen molar-refractivity contribution >= 4 is 18.9 Å². The summed E-state index contributed by atoms with van der Waals surface area (Å²) in [6.07, 6.45) is 1.21. The van der Waals surface area contributed by atoms with Crippen molar-refractivity contribution < 1.29 is 9.53 Å². The van der Waals surface area contributed by atoms with E-state index in [2.05, 4.69) is 17.0 Å². The first-order valence-electron chi connectivity index (χ1n) is 3.63. The highest BCUT2D eigenvalue weighted by Crippen LogP contribution is 2.12. The summed E-state index contributed by atoms with van der Waals surface area (Å²) in [6.45, 7) is 4.24. The highest BCUT2D eigenvalue weighted by molar-refractivity contribution is 5.85. The molecule has 66 valence electrons. The largest absolute Gasteiger partial charge is 0.468 e. The van der Waals surface area contributed by atoms with Crippen LogP contribution in [0.1, 0.15) is 13.3 Å². The average molecular weight is 180 g/mol. The molecule has 0 aliphatic carbocycles. The number of nitrogens with one attached hydrogen (secondary N) is 1. The van der Waals surface area contributed by atoms with Gasteiger partial charge in [0, 0.05) is 12.0 Å². The highest BCUT2D eigenvalue weighted by Gasteiger charge is 2.22. The Morgan fingerprint density at radius 2 is 2.45 bits per heavy atom. The molecule has 3 nitrogen and oxygen atoms in total. The van der Waals surface area contributed by atoms with Crippen molar-refractivity contribution in [1.29, 1.82) is 0 Å². The van der Waals surface area contributed by atoms with Gasteiger partial charge >= 0.3 is 0 Å². The third-order valence-electron chi connectivity index (χ3n) is 1.98. The molecule has 2 atom stereocenters. The molecule has 1 saturated heterocycles. The summed E-state index contributed by atoms with van der Waals surface area (Å²) in [4.78, 5) is 9.80. The van der Waals surface area contributed by atoms with Crippen LogP contribution in [0.2, 0.25) is 0 Å². The summed E-state index contributed by atoms with van der Waals surface area (Å²) in [6, 6.07) is 0.569. The zero-order chi connectivity index (χ0) is 7.40. The van der Waals surface area contributed by atoms with Gasteiger partial charge in [-0.15, -0.1) is 12.4 Å². The molecule has 1 aliphatic heterocycles. The van der Waals surface area contributed by atoms with Gasteiger partial charge in [-0.2, -0.15) is 0 Å². The van der Waals surface area contributed by atoms with Crippen LogP contribution in [0.15, 0.2) is 0 Å². The summed E-state index contributed by atoms with van der Waals surface area (Å²) in [5.41, 5.74) is 0. The van der Waals surface area contributed by atoms with Crippen molar-refractivity contribution in [1.82, 2.24) is 5.32 Å². The normalized spacial score (nSPS) is 24.3. The lowest BCUT2D eigenvalue weighted by Gasteiger charge is -2.32. The maximum absolute atomic E-state index is 9.80. The standard InChI is InChI=1S/C7H13NO2.ClH/c1-6(4-10-5-9)7-2-3-8-7;/h5-8H,2-4H2,1H3;1H. The molecular formula is C7H14ClNO2. The van der Waals surface area contributed by atoms with Crippen molar-refractivity contribution in [3.05, 3.63) is 0 Å². The van der Waals surface area contributed by atoms with E-state index >= 15 is 0 Å². The number of rotatable bonds is 4. The molecule has 2 unspecified atom stereocenters. The van der Waals surface area contributed by atoms with Crippen LogP contribution in [-0.2, 0) is 9.53 Å². The van der Waals surface area contributed by atoms with Crippen LogP contribution in [0.25, 0.3) is 0 Å². The van der Waals surface area contributed by atoms with Crippen LogP contribution < -0.4 is 5.32 Å². The number of carbonyl (C=O) groups is 1. The quantitative estimate of drug-likeness (QED) is 0.642. The molecule has 0 aromatic rings. The van der Waals surface area contributed by atoms with Gasteiger partial charge in [0.05, 0.1) is 6.61 Å². The maximum atomic E-state index is 9.80. The van der Waals surface area contributed by atoms with Crippen LogP contribution in [0, 0.1) is 5.92 Å². The molecule has 0 amide bonds. The first kappa shape index (κ1) is 10.7. The van der Waals surface area contributed by atoms with Crippen LogP contribution in [-0.4, -0.2) is 25.7 Å². The molecule has 1 N–H and O–H groups in total. The van der Waals surface area contributed by atoms with Gasteiger partial charge in [-0.05, 0) is 13.0 Å². The molecule has 1 aliphatic rings. The molecule has 1 heterocycles. The van der Waals surface area contributed by atoms with Gasteiger partial charge in [-0.25, -0.2) is 0 Å². The van der Waals surface area contributed by atoms with E-state index in [9.17, 15) is 4.79 Å². The summed E-state index contributed by atoms with van der Waals surface area (Å²) >= 11 is 0. The van der Waals surface area contributed by atoms with E-state index in [1.54, 1.807) is 0 Å². The Labute approximate surface area is 72.9 Å². The maximum Gasteiger partial charge on any atom is 0.293 e. The molecule has 1 rings (SSSR count). The second-order valence-corrected chi connectivity index (χ2v) is 2.76. The predicted molar refractivity (Wildman–Crippen MR) is 44.8 cm³/mol. The van der Waals surface area contributed by atoms with E-state index in [1.165, 1.54) is 6.42 Å². The van der Waals surface area contributed by atoms with Crippen LogP contribution in [0.5, 0.6) is 0 Å². The molecule has 0 radical (unpaired) electrons. The van der Waals surface area contributed by atoms with Gasteiger partial charge in [-0.3, -0.25) is 4.79 Å². The first-order valence-corrected chi connectivity index (χ1v) is 3.63. The fourth-order valence-electron chi connectivity index (χ4n) is 1.10. The molecule has 4 heteroatoms. The monoisotopic (exact) mass is 179 g/mol. The highest BCUT2D eigenvalue weighted by atomic mass is 35.5. The average Bonchev–Trinajstić information content (AvgIpc) is 1.79. The second-order valence-electron chi connectivity index (χ2n) is 2.76. The van der Waals surface area contributed by atoms with Gasteiger partial charge < -0.3 is 10.1 Å². The third-order valence-corrected chi connectivity index (χ3v) is 1.98. The van der Waals surface area contributed by atoms with Crippen LogP contribution >= 0.6 is 12.4 Å². The van der Waals surface area contributed by atoms with E-state index in [4.69, 9.17) is 0 Å². The summed E-state index contributed by atoms with van der Waals surface area (Å²) in [7, 11) is 0. The lowest BCUT2D eigenvalue weighted by molar-refractivity contribution is -0.130. The third kappa shape index (κ3) is 3.08. The Kier molecular flexibility index (Phi) is 5.24. The molecular weight excluding hydrogens is 166 g/mol. The fourth-order valence-corrected chi connectivity index (χ4v) is 1.10. The van der Waals surface area contributed by atoms with Gasteiger partial charge in [0.1, 0.15) is 0 Å². The fraction of sp³-hybridized carbons (Fsp3) is 0.857. The van der Waals surface area contributed by atoms with Crippen molar-refractivity contribution in [3.8, 4) is 0 Å². The van der Waals surface area contributed by atoms with E-state index in [0.717, 1.165) is 6.54 Å². The number of carbonyl (C=O) groups excluding carboxylic acids is 1. The van der Waals surface area contributed by atoms with Crippen molar-refractivity contribution in [3.63, 3.8) is 0 Å². The number of hydrogen-bond donors (Lipinski definition) is 1. The molecule has 0 bridgehead atoms. The summed E-state index contributed by atoms with van der Waals surface area (Å²) in [5, 5.41) is 3.26. The lowest BCUT2D eigenvalue weighted by Crippen LogP contribution is -2.48. The topological polar surface area (TPSA) is 38.3 Å². The Balaban J connectivity index is 0.000001000. The molecule has 11 heavy (non-hydrogen) atoms. The molecule has 0 saturated carbocycles. The number of halogens is 1. The minimum Gasteiger partial charge on any atom is -0.468 e. The smallest absolute Gasteiger partial charge is 0.293 e. The number of hydrogen-bond acceptors (Lipinski definition) is 3. The lowest BCUT2D eigenvalue weighted by atomic mass is 9.94. The zero-order valence-electron chi connectivity index (χ0n) is 6.58. The van der Waals surface area contributed by atoms with Gasteiger partial charge in [0.15, 0.2) is 0 Å². The predicted octanol–water partition coefficient (Wildman–Crippen LogP) is 0.579. The Bertz CT molecular complexity index is 117. The van der Waals surface area contributed by atoms with E-state index in [-0.39, 0.29) is 12.4 Å². The minimum absolute atomic E-state index is 0. The van der Waals surface area contributed by atoms with Crippen LogP contribution in [0.4, 0.5) is 0 Å².